The first-order chi connectivity index (χ1) is 7.88. The predicted octanol–water partition coefficient (Wildman–Crippen LogP) is 3.10. The Bertz CT molecular complexity index is 288. The van der Waals surface area contributed by atoms with E-state index in [4.69, 9.17) is 0 Å². The fourth-order valence-corrected chi connectivity index (χ4v) is 1.63. The summed E-state index contributed by atoms with van der Waals surface area (Å²) in [4.78, 5) is 3.09. The van der Waals surface area contributed by atoms with E-state index in [2.05, 4.69) is 37.6 Å². The predicted molar refractivity (Wildman–Crippen MR) is 66.6 cm³/mol. The van der Waals surface area contributed by atoms with Crippen LogP contribution in [0.15, 0.2) is 12.4 Å². The standard InChI is InChI=1S/C10H10N.C5H5.Fe/c1-8-6-11-7-10(8)9-4-2-3-5-9;1-2-4-5-3-1;/h2-7,11H,1H3;1-5H;. The van der Waals surface area contributed by atoms with Crippen molar-refractivity contribution < 1.29 is 17.1 Å². The Kier molecular flexibility index (Phi) is 6.99. The summed E-state index contributed by atoms with van der Waals surface area (Å²) in [6.45, 7) is 2.11. The third kappa shape index (κ3) is 4.52. The minimum atomic E-state index is 0. The van der Waals surface area contributed by atoms with E-state index < -0.39 is 0 Å². The molecule has 3 rings (SSSR count). The Labute approximate surface area is 116 Å². The monoisotopic (exact) mass is 265 g/mol. The Balaban J connectivity index is 0.000000205. The van der Waals surface area contributed by atoms with Crippen molar-refractivity contribution in [2.45, 2.75) is 6.92 Å². The van der Waals surface area contributed by atoms with Crippen molar-refractivity contribution in [2.24, 2.45) is 0 Å². The van der Waals surface area contributed by atoms with Crippen LogP contribution >= 0.6 is 0 Å². The van der Waals surface area contributed by atoms with Crippen LogP contribution in [0.3, 0.4) is 0 Å². The Hall–Kier alpha value is -0.201. The molecule has 17 heavy (non-hydrogen) atoms. The largest absolute Gasteiger partial charge is 0.367 e. The molecule has 1 aromatic rings. The minimum absolute atomic E-state index is 0. The van der Waals surface area contributed by atoms with Crippen molar-refractivity contribution in [3.63, 3.8) is 0 Å². The Morgan fingerprint density at radius 1 is 0.765 bits per heavy atom. The summed E-state index contributed by atoms with van der Waals surface area (Å²) in [7, 11) is 0. The van der Waals surface area contributed by atoms with Gasteiger partial charge >= 0.3 is 0 Å². The summed E-state index contributed by atoms with van der Waals surface area (Å²) in [5.41, 5.74) is 2.60. The maximum absolute atomic E-state index is 3.09. The SMILES string of the molecule is Cc1c[nH]cc1[C]1[CH][CH][CH][CH]1.[CH]1[CH][CH][CH][CH]1.[Fe]. The van der Waals surface area contributed by atoms with Crippen LogP contribution in [0.2, 0.25) is 0 Å². The molecule has 0 amide bonds. The van der Waals surface area contributed by atoms with E-state index in [1.165, 1.54) is 17.0 Å². The number of aryl methyl sites for hydroxylation is 1. The van der Waals surface area contributed by atoms with E-state index in [9.17, 15) is 0 Å². The number of rotatable bonds is 1. The molecule has 10 radical (unpaired) electrons. The zero-order valence-corrected chi connectivity index (χ0v) is 10.8. The third-order valence-electron chi connectivity index (χ3n) is 2.48. The molecule has 0 spiro atoms. The van der Waals surface area contributed by atoms with Crippen molar-refractivity contribution in [3.8, 4) is 0 Å². The van der Waals surface area contributed by atoms with Gasteiger partial charge in [-0.05, 0) is 75.8 Å². The maximum Gasteiger partial charge on any atom is 0.0142 e. The maximum atomic E-state index is 3.09. The number of H-pyrrole nitrogens is 1. The van der Waals surface area contributed by atoms with Gasteiger partial charge in [0.25, 0.3) is 0 Å². The molecular formula is C15H15FeN. The van der Waals surface area contributed by atoms with Gasteiger partial charge in [0, 0.05) is 35.4 Å². The van der Waals surface area contributed by atoms with Gasteiger partial charge in [-0.25, -0.2) is 0 Å². The van der Waals surface area contributed by atoms with Gasteiger partial charge in [-0.3, -0.25) is 0 Å². The number of hydrogen-bond acceptors (Lipinski definition) is 0. The molecule has 88 valence electrons. The average molecular weight is 265 g/mol. The molecule has 0 aliphatic heterocycles. The molecule has 0 atom stereocenters. The summed E-state index contributed by atoms with van der Waals surface area (Å²) in [6.07, 6.45) is 22.4. The van der Waals surface area contributed by atoms with Crippen LogP contribution < -0.4 is 0 Å². The molecule has 0 unspecified atom stereocenters. The normalized spacial score (nSPS) is 19.6. The van der Waals surface area contributed by atoms with Gasteiger partial charge in [0.1, 0.15) is 0 Å². The molecule has 2 heteroatoms. The Morgan fingerprint density at radius 3 is 1.71 bits per heavy atom. The van der Waals surface area contributed by atoms with Crippen LogP contribution in [0.25, 0.3) is 0 Å². The van der Waals surface area contributed by atoms with Crippen LogP contribution in [0.1, 0.15) is 11.1 Å². The van der Waals surface area contributed by atoms with Crippen molar-refractivity contribution in [3.05, 3.63) is 87.2 Å². The minimum Gasteiger partial charge on any atom is -0.367 e. The molecule has 2 aliphatic carbocycles. The number of aromatic amines is 1. The van der Waals surface area contributed by atoms with E-state index in [-0.39, 0.29) is 17.1 Å². The summed E-state index contributed by atoms with van der Waals surface area (Å²) >= 11 is 0. The molecule has 1 heterocycles. The molecule has 0 saturated heterocycles. The second kappa shape index (κ2) is 8.00. The van der Waals surface area contributed by atoms with Crippen molar-refractivity contribution in [1.82, 2.24) is 4.98 Å². The van der Waals surface area contributed by atoms with Crippen LogP contribution in [-0.4, -0.2) is 4.98 Å². The number of hydrogen-bond donors (Lipinski definition) is 1. The van der Waals surface area contributed by atoms with E-state index in [1.54, 1.807) is 0 Å². The number of nitrogens with one attached hydrogen (secondary N) is 1. The molecule has 1 nitrogen and oxygen atoms in total. The van der Waals surface area contributed by atoms with Gasteiger partial charge in [-0.15, -0.1) is 0 Å². The number of aromatic nitrogens is 1. The molecule has 2 saturated carbocycles. The first-order valence-electron chi connectivity index (χ1n) is 5.40. The average Bonchev–Trinajstić information content (AvgIpc) is 3.02. The third-order valence-corrected chi connectivity index (χ3v) is 2.48. The molecule has 2 aliphatic rings. The van der Waals surface area contributed by atoms with E-state index in [0.29, 0.717) is 0 Å². The first kappa shape index (κ1) is 14.9. The summed E-state index contributed by atoms with van der Waals surface area (Å²) in [5, 5.41) is 0. The van der Waals surface area contributed by atoms with Crippen molar-refractivity contribution in [2.75, 3.05) is 0 Å². The fraction of sp³-hybridized carbons (Fsp3) is 0.0667. The van der Waals surface area contributed by atoms with Crippen molar-refractivity contribution in [1.29, 1.82) is 0 Å². The summed E-state index contributed by atoms with van der Waals surface area (Å²) < 4.78 is 0. The van der Waals surface area contributed by atoms with Gasteiger partial charge < -0.3 is 4.98 Å². The van der Waals surface area contributed by atoms with Gasteiger partial charge in [0.05, 0.1) is 0 Å². The van der Waals surface area contributed by atoms with Crippen LogP contribution in [0.4, 0.5) is 0 Å². The smallest absolute Gasteiger partial charge is 0.0142 e. The van der Waals surface area contributed by atoms with E-state index >= 15 is 0 Å². The topological polar surface area (TPSA) is 15.8 Å². The van der Waals surface area contributed by atoms with Gasteiger partial charge in [-0.1, -0.05) is 0 Å². The van der Waals surface area contributed by atoms with Gasteiger partial charge in [0.2, 0.25) is 0 Å². The summed E-state index contributed by atoms with van der Waals surface area (Å²) in [6, 6.07) is 0. The molecule has 2 fully saturated rings. The second-order valence-corrected chi connectivity index (χ2v) is 3.69. The summed E-state index contributed by atoms with van der Waals surface area (Å²) in [5.74, 6) is 1.30. The van der Waals surface area contributed by atoms with Crippen molar-refractivity contribution >= 4 is 0 Å². The first-order valence-corrected chi connectivity index (χ1v) is 5.40. The Morgan fingerprint density at radius 2 is 1.29 bits per heavy atom. The molecule has 1 N–H and O–H groups in total. The zero-order chi connectivity index (χ0) is 11.2. The van der Waals surface area contributed by atoms with Crippen LogP contribution in [0.5, 0.6) is 0 Å². The van der Waals surface area contributed by atoms with Gasteiger partial charge in [0.15, 0.2) is 0 Å². The second-order valence-electron chi connectivity index (χ2n) is 3.69. The van der Waals surface area contributed by atoms with Crippen LogP contribution in [-0.2, 0) is 17.1 Å². The van der Waals surface area contributed by atoms with E-state index in [0.717, 1.165) is 0 Å². The van der Waals surface area contributed by atoms with E-state index in [1.807, 2.05) is 44.5 Å². The van der Waals surface area contributed by atoms with Crippen LogP contribution in [0, 0.1) is 70.6 Å². The fourth-order valence-electron chi connectivity index (χ4n) is 1.63. The molecular weight excluding hydrogens is 250 g/mol. The molecule has 0 bridgehead atoms. The quantitative estimate of drug-likeness (QED) is 0.751. The molecule has 1 aromatic heterocycles. The van der Waals surface area contributed by atoms with Gasteiger partial charge in [-0.2, -0.15) is 0 Å². The zero-order valence-electron chi connectivity index (χ0n) is 9.70. The molecule has 0 aromatic carbocycles.